The highest BCUT2D eigenvalue weighted by Gasteiger charge is 2.30. The second kappa shape index (κ2) is 5.45. The summed E-state index contributed by atoms with van der Waals surface area (Å²) in [5.41, 5.74) is 6.99. The van der Waals surface area contributed by atoms with Crippen molar-refractivity contribution in [2.24, 2.45) is 10.2 Å². The minimum absolute atomic E-state index is 0.179. The third-order valence-electron chi connectivity index (χ3n) is 3.16. The molecule has 0 aromatic heterocycles. The molecule has 0 atom stereocenters. The van der Waals surface area contributed by atoms with E-state index in [2.05, 4.69) is 15.6 Å². The zero-order valence-corrected chi connectivity index (χ0v) is 12.6. The molecule has 1 aromatic rings. The van der Waals surface area contributed by atoms with Gasteiger partial charge in [0.15, 0.2) is 5.71 Å². The first-order chi connectivity index (χ1) is 9.40. The van der Waals surface area contributed by atoms with E-state index in [4.69, 9.17) is 0 Å². The Hall–Kier alpha value is -2.17. The highest BCUT2D eigenvalue weighted by atomic mass is 16.2. The molecule has 1 N–H and O–H groups in total. The lowest BCUT2D eigenvalue weighted by atomic mass is 10.1. The molecule has 0 saturated carbocycles. The van der Waals surface area contributed by atoms with Crippen molar-refractivity contribution in [1.29, 1.82) is 0 Å². The standard InChI is InChI=1S/C15H20N4O/c1-9(2)16-17-14-12(5)18-19(15(14)20)13-7-6-10(3)11(4)8-13/h6-9,16H,1-5H3/b17-14+. The predicted molar refractivity (Wildman–Crippen MR) is 82.2 cm³/mol. The molecule has 5 nitrogen and oxygen atoms in total. The topological polar surface area (TPSA) is 57.1 Å². The maximum atomic E-state index is 12.4. The molecular weight excluding hydrogens is 252 g/mol. The maximum Gasteiger partial charge on any atom is 0.301 e. The van der Waals surface area contributed by atoms with E-state index in [0.717, 1.165) is 11.3 Å². The molecule has 0 bridgehead atoms. The molecule has 0 fully saturated rings. The van der Waals surface area contributed by atoms with Crippen molar-refractivity contribution in [2.75, 3.05) is 5.01 Å². The molecule has 1 heterocycles. The van der Waals surface area contributed by atoms with Gasteiger partial charge < -0.3 is 5.43 Å². The molecular formula is C15H20N4O. The largest absolute Gasteiger partial charge is 0.307 e. The summed E-state index contributed by atoms with van der Waals surface area (Å²) in [6.45, 7) is 9.79. The molecule has 1 aliphatic heterocycles. The van der Waals surface area contributed by atoms with Crippen LogP contribution in [-0.2, 0) is 4.79 Å². The van der Waals surface area contributed by atoms with Gasteiger partial charge in [-0.2, -0.15) is 15.2 Å². The lowest BCUT2D eigenvalue weighted by Crippen LogP contribution is -2.30. The highest BCUT2D eigenvalue weighted by Crippen LogP contribution is 2.22. The maximum absolute atomic E-state index is 12.4. The van der Waals surface area contributed by atoms with E-state index < -0.39 is 0 Å². The lowest BCUT2D eigenvalue weighted by molar-refractivity contribution is -0.112. The van der Waals surface area contributed by atoms with E-state index in [0.29, 0.717) is 11.4 Å². The van der Waals surface area contributed by atoms with E-state index in [-0.39, 0.29) is 11.9 Å². The number of aryl methyl sites for hydroxylation is 2. The normalized spacial score (nSPS) is 17.1. The fraction of sp³-hybridized carbons (Fsp3) is 0.400. The first-order valence-electron chi connectivity index (χ1n) is 6.70. The molecule has 0 saturated heterocycles. The molecule has 0 aliphatic carbocycles. The number of rotatable bonds is 3. The highest BCUT2D eigenvalue weighted by molar-refractivity contribution is 6.71. The summed E-state index contributed by atoms with van der Waals surface area (Å²) in [6, 6.07) is 6.03. The van der Waals surface area contributed by atoms with Crippen LogP contribution < -0.4 is 10.4 Å². The van der Waals surface area contributed by atoms with E-state index >= 15 is 0 Å². The SMILES string of the molecule is CC1=NN(c2ccc(C)c(C)c2)C(=O)/C1=N/NC(C)C. The summed E-state index contributed by atoms with van der Waals surface area (Å²) in [5, 5.41) is 9.85. The molecule has 1 amide bonds. The molecule has 1 aliphatic rings. The summed E-state index contributed by atoms with van der Waals surface area (Å²) >= 11 is 0. The van der Waals surface area contributed by atoms with Crippen LogP contribution in [0.4, 0.5) is 5.69 Å². The first kappa shape index (κ1) is 14.2. The Balaban J connectivity index is 2.30. The van der Waals surface area contributed by atoms with Crippen LogP contribution in [-0.4, -0.2) is 23.4 Å². The summed E-state index contributed by atoms with van der Waals surface area (Å²) in [6.07, 6.45) is 0. The van der Waals surface area contributed by atoms with E-state index in [9.17, 15) is 4.79 Å². The quantitative estimate of drug-likeness (QED) is 0.859. The van der Waals surface area contributed by atoms with Gasteiger partial charge in [0, 0.05) is 6.04 Å². The third-order valence-corrected chi connectivity index (χ3v) is 3.16. The summed E-state index contributed by atoms with van der Waals surface area (Å²) in [4.78, 5) is 12.4. The van der Waals surface area contributed by atoms with Crippen LogP contribution in [0.3, 0.4) is 0 Å². The average molecular weight is 272 g/mol. The number of hydrazone groups is 2. The molecule has 106 valence electrons. The second-order valence-electron chi connectivity index (χ2n) is 5.32. The van der Waals surface area contributed by atoms with Crippen LogP contribution in [0, 0.1) is 13.8 Å². The number of benzene rings is 1. The van der Waals surface area contributed by atoms with Crippen molar-refractivity contribution >= 4 is 23.0 Å². The van der Waals surface area contributed by atoms with Crippen LogP contribution in [0.25, 0.3) is 0 Å². The fourth-order valence-corrected chi connectivity index (χ4v) is 1.85. The van der Waals surface area contributed by atoms with Gasteiger partial charge in [-0.05, 0) is 57.9 Å². The Morgan fingerprint density at radius 1 is 1.20 bits per heavy atom. The lowest BCUT2D eigenvalue weighted by Gasteiger charge is -2.13. The smallest absolute Gasteiger partial charge is 0.301 e. The molecule has 20 heavy (non-hydrogen) atoms. The average Bonchev–Trinajstić information content (AvgIpc) is 2.66. The van der Waals surface area contributed by atoms with Crippen molar-refractivity contribution in [3.63, 3.8) is 0 Å². The van der Waals surface area contributed by atoms with Gasteiger partial charge in [0.1, 0.15) is 0 Å². The predicted octanol–water partition coefficient (Wildman–Crippen LogP) is 2.38. The van der Waals surface area contributed by atoms with Crippen molar-refractivity contribution in [3.05, 3.63) is 29.3 Å². The van der Waals surface area contributed by atoms with Gasteiger partial charge in [-0.3, -0.25) is 4.79 Å². The van der Waals surface area contributed by atoms with Crippen molar-refractivity contribution in [1.82, 2.24) is 5.43 Å². The Kier molecular flexibility index (Phi) is 3.88. The van der Waals surface area contributed by atoms with Crippen molar-refractivity contribution in [2.45, 2.75) is 40.7 Å². The summed E-state index contributed by atoms with van der Waals surface area (Å²) < 4.78 is 0. The number of hydrogen-bond acceptors (Lipinski definition) is 4. The van der Waals surface area contributed by atoms with E-state index in [1.807, 2.05) is 45.9 Å². The Morgan fingerprint density at radius 2 is 1.90 bits per heavy atom. The van der Waals surface area contributed by atoms with E-state index in [1.54, 1.807) is 6.92 Å². The number of carbonyl (C=O) groups excluding carboxylic acids is 1. The number of anilines is 1. The van der Waals surface area contributed by atoms with Gasteiger partial charge >= 0.3 is 5.91 Å². The van der Waals surface area contributed by atoms with Gasteiger partial charge in [0.25, 0.3) is 0 Å². The van der Waals surface area contributed by atoms with Crippen LogP contribution in [0.15, 0.2) is 28.4 Å². The fourth-order valence-electron chi connectivity index (χ4n) is 1.85. The third kappa shape index (κ3) is 2.71. The van der Waals surface area contributed by atoms with E-state index in [1.165, 1.54) is 10.6 Å². The van der Waals surface area contributed by atoms with Gasteiger partial charge in [0.05, 0.1) is 11.4 Å². The summed E-state index contributed by atoms with van der Waals surface area (Å²) in [7, 11) is 0. The van der Waals surface area contributed by atoms with Crippen LogP contribution >= 0.6 is 0 Å². The molecule has 0 spiro atoms. The molecule has 1 aromatic carbocycles. The summed E-state index contributed by atoms with van der Waals surface area (Å²) in [5.74, 6) is -0.195. The van der Waals surface area contributed by atoms with Crippen molar-refractivity contribution in [3.8, 4) is 0 Å². The zero-order chi connectivity index (χ0) is 14.9. The monoisotopic (exact) mass is 272 g/mol. The molecule has 0 radical (unpaired) electrons. The minimum Gasteiger partial charge on any atom is -0.307 e. The first-order valence-corrected chi connectivity index (χ1v) is 6.70. The molecule has 2 rings (SSSR count). The number of carbonyl (C=O) groups is 1. The number of hydrogen-bond donors (Lipinski definition) is 1. The minimum atomic E-state index is -0.195. The van der Waals surface area contributed by atoms with Gasteiger partial charge in [0.2, 0.25) is 0 Å². The number of nitrogens with zero attached hydrogens (tertiary/aromatic N) is 3. The second-order valence-corrected chi connectivity index (χ2v) is 5.32. The van der Waals surface area contributed by atoms with Gasteiger partial charge in [-0.25, -0.2) is 0 Å². The number of amides is 1. The van der Waals surface area contributed by atoms with Crippen LogP contribution in [0.1, 0.15) is 31.9 Å². The Bertz CT molecular complexity index is 602. The molecule has 0 unspecified atom stereocenters. The van der Waals surface area contributed by atoms with Gasteiger partial charge in [-0.15, -0.1) is 0 Å². The Morgan fingerprint density at radius 3 is 2.50 bits per heavy atom. The van der Waals surface area contributed by atoms with Gasteiger partial charge in [-0.1, -0.05) is 6.07 Å². The Labute approximate surface area is 119 Å². The number of nitrogens with one attached hydrogen (secondary N) is 1. The van der Waals surface area contributed by atoms with Crippen LogP contribution in [0.2, 0.25) is 0 Å². The zero-order valence-electron chi connectivity index (χ0n) is 12.6. The van der Waals surface area contributed by atoms with Crippen molar-refractivity contribution < 1.29 is 4.79 Å². The van der Waals surface area contributed by atoms with Crippen LogP contribution in [0.5, 0.6) is 0 Å². The molecule has 5 heteroatoms.